The molecule has 206 valence electrons. The van der Waals surface area contributed by atoms with Crippen LogP contribution in [0.1, 0.15) is 87.5 Å². The summed E-state index contributed by atoms with van der Waals surface area (Å²) in [6, 6.07) is 0. The Kier molecular flexibility index (Phi) is 18.1. The van der Waals surface area contributed by atoms with Crippen LogP contribution in [0.4, 0.5) is 0 Å². The van der Waals surface area contributed by atoms with Crippen molar-refractivity contribution in [2.24, 2.45) is 0 Å². The van der Waals surface area contributed by atoms with Gasteiger partial charge in [-0.25, -0.2) is 0 Å². The largest absolute Gasteiger partial charge is 0.334 e. The summed E-state index contributed by atoms with van der Waals surface area (Å²) in [5.74, 6) is 0. The van der Waals surface area contributed by atoms with Gasteiger partial charge in [0, 0.05) is 0 Å². The van der Waals surface area contributed by atoms with E-state index in [1.807, 2.05) is 13.8 Å². The van der Waals surface area contributed by atoms with E-state index in [1.165, 1.54) is 0 Å². The second kappa shape index (κ2) is 17.8. The van der Waals surface area contributed by atoms with Crippen molar-refractivity contribution < 1.29 is 40.8 Å². The van der Waals surface area contributed by atoms with Crippen LogP contribution in [0.25, 0.3) is 0 Å². The second-order valence-corrected chi connectivity index (χ2v) is 14.8. The molecule has 0 heterocycles. The Morgan fingerprint density at radius 2 is 0.824 bits per heavy atom. The van der Waals surface area contributed by atoms with E-state index in [1.54, 1.807) is 41.5 Å². The average molecular weight is 551 g/mol. The summed E-state index contributed by atoms with van der Waals surface area (Å²) in [6.45, 7) is 15.9. The highest BCUT2D eigenvalue weighted by Crippen LogP contribution is 2.66. The van der Waals surface area contributed by atoms with Gasteiger partial charge in [0.25, 0.3) is 0 Å². The van der Waals surface area contributed by atoms with E-state index in [0.29, 0.717) is 45.3 Å². The molecule has 0 aliphatic heterocycles. The molecule has 0 fully saturated rings. The van der Waals surface area contributed by atoms with Gasteiger partial charge >= 0.3 is 22.8 Å². The van der Waals surface area contributed by atoms with E-state index in [2.05, 4.69) is 0 Å². The molecule has 0 bridgehead atoms. The average Bonchev–Trinajstić information content (AvgIpc) is 2.76. The molecular weight excluding hydrogens is 501 g/mol. The lowest BCUT2D eigenvalue weighted by molar-refractivity contribution is 0.191. The van der Waals surface area contributed by atoms with Crippen LogP contribution in [-0.4, -0.2) is 56.6 Å². The Bertz CT molecular complexity index is 644. The minimum Gasteiger partial charge on any atom is -0.309 e. The van der Waals surface area contributed by atoms with E-state index >= 15 is 0 Å². The molecule has 0 aliphatic carbocycles. The van der Waals surface area contributed by atoms with Gasteiger partial charge in [-0.3, -0.25) is 13.7 Å². The van der Waals surface area contributed by atoms with Gasteiger partial charge in [0.05, 0.1) is 56.6 Å². The standard InChI is InChI=1S/C22H49O9P3/c1-9-21(33(24,28-12-4)29-13-5)22(34(25,30-14-6)31-15-7)19-17-16-18-20(8)32(23,26-10-2)27-11-3/h20-22H,9-19H2,1-8H3. The molecule has 0 saturated carbocycles. The lowest BCUT2D eigenvalue weighted by Crippen LogP contribution is -2.30. The molecule has 0 saturated heterocycles. The van der Waals surface area contributed by atoms with E-state index in [-0.39, 0.29) is 32.1 Å². The third kappa shape index (κ3) is 10.4. The fourth-order valence-corrected chi connectivity index (χ4v) is 11.3. The van der Waals surface area contributed by atoms with Crippen molar-refractivity contribution in [2.45, 2.75) is 104 Å². The zero-order valence-electron chi connectivity index (χ0n) is 22.5. The molecule has 0 aromatic rings. The highest BCUT2D eigenvalue weighted by Gasteiger charge is 2.49. The maximum Gasteiger partial charge on any atom is 0.334 e. The van der Waals surface area contributed by atoms with E-state index in [4.69, 9.17) is 27.1 Å². The van der Waals surface area contributed by atoms with E-state index in [0.717, 1.165) is 0 Å². The van der Waals surface area contributed by atoms with Crippen molar-refractivity contribution in [2.75, 3.05) is 39.6 Å². The first kappa shape index (κ1) is 34.5. The molecule has 3 atom stereocenters. The zero-order chi connectivity index (χ0) is 26.3. The predicted molar refractivity (Wildman–Crippen MR) is 138 cm³/mol. The summed E-state index contributed by atoms with van der Waals surface area (Å²) < 4.78 is 74.1. The molecule has 3 unspecified atom stereocenters. The van der Waals surface area contributed by atoms with E-state index < -0.39 is 34.1 Å². The summed E-state index contributed by atoms with van der Waals surface area (Å²) in [5, 5.41) is 0. The number of hydrogen-bond donors (Lipinski definition) is 0. The normalized spacial score (nSPS) is 15.9. The number of unbranched alkanes of at least 4 members (excludes halogenated alkanes) is 1. The lowest BCUT2D eigenvalue weighted by atomic mass is 10.1. The minimum absolute atomic E-state index is 0.209. The van der Waals surface area contributed by atoms with Crippen molar-refractivity contribution in [3.8, 4) is 0 Å². The highest BCUT2D eigenvalue weighted by molar-refractivity contribution is 7.59. The molecule has 0 aromatic heterocycles. The van der Waals surface area contributed by atoms with Gasteiger partial charge in [0.1, 0.15) is 0 Å². The second-order valence-electron chi connectivity index (χ2n) is 7.80. The molecule has 12 heteroatoms. The topological polar surface area (TPSA) is 107 Å². The Balaban J connectivity index is 5.76. The quantitative estimate of drug-likeness (QED) is 0.0982. The van der Waals surface area contributed by atoms with Crippen molar-refractivity contribution in [1.82, 2.24) is 0 Å². The molecule has 0 amide bonds. The van der Waals surface area contributed by atoms with Crippen LogP contribution in [0.3, 0.4) is 0 Å². The SMILES string of the molecule is CCOP(=O)(OCC)C(C)CCCCC(C(CC)P(=O)(OCC)OCC)P(=O)(OCC)OCC. The van der Waals surface area contributed by atoms with Crippen LogP contribution in [-0.2, 0) is 40.8 Å². The third-order valence-corrected chi connectivity index (χ3v) is 13.7. The molecule has 0 radical (unpaired) electrons. The van der Waals surface area contributed by atoms with Gasteiger partial charge in [-0.1, -0.05) is 26.7 Å². The molecule has 0 aromatic carbocycles. The number of rotatable bonds is 22. The van der Waals surface area contributed by atoms with Gasteiger partial charge in [0.15, 0.2) is 0 Å². The van der Waals surface area contributed by atoms with Crippen LogP contribution in [0.5, 0.6) is 0 Å². The molecular formula is C22H49O9P3. The summed E-state index contributed by atoms with van der Waals surface area (Å²) in [6.07, 6.45) is 2.84. The lowest BCUT2D eigenvalue weighted by Gasteiger charge is -2.35. The fraction of sp³-hybridized carbons (Fsp3) is 1.00. The minimum atomic E-state index is -3.60. The van der Waals surface area contributed by atoms with Gasteiger partial charge in [-0.05, 0) is 60.8 Å². The van der Waals surface area contributed by atoms with Crippen molar-refractivity contribution in [3.05, 3.63) is 0 Å². The van der Waals surface area contributed by atoms with Crippen LogP contribution >= 0.6 is 22.8 Å². The maximum atomic E-state index is 13.9. The van der Waals surface area contributed by atoms with Gasteiger partial charge < -0.3 is 27.1 Å². The Hall–Kier alpha value is 0.450. The summed E-state index contributed by atoms with van der Waals surface area (Å²) in [5.41, 5.74) is -1.55. The van der Waals surface area contributed by atoms with Crippen molar-refractivity contribution in [3.63, 3.8) is 0 Å². The Morgan fingerprint density at radius 3 is 1.18 bits per heavy atom. The first-order valence-corrected chi connectivity index (χ1v) is 17.6. The Labute approximate surface area is 207 Å². The molecule has 0 N–H and O–H groups in total. The third-order valence-electron chi connectivity index (χ3n) is 5.44. The summed E-state index contributed by atoms with van der Waals surface area (Å²) in [7, 11) is -10.3. The molecule has 0 rings (SSSR count). The fourth-order valence-electron chi connectivity index (χ4n) is 4.05. The van der Waals surface area contributed by atoms with Crippen LogP contribution in [0.2, 0.25) is 0 Å². The molecule has 9 nitrogen and oxygen atoms in total. The van der Waals surface area contributed by atoms with Crippen molar-refractivity contribution in [1.29, 1.82) is 0 Å². The van der Waals surface area contributed by atoms with Crippen LogP contribution in [0, 0.1) is 0 Å². The van der Waals surface area contributed by atoms with Crippen LogP contribution in [0.15, 0.2) is 0 Å². The predicted octanol–water partition coefficient (Wildman–Crippen LogP) is 7.88. The van der Waals surface area contributed by atoms with Gasteiger partial charge in [0.2, 0.25) is 0 Å². The van der Waals surface area contributed by atoms with Crippen LogP contribution < -0.4 is 0 Å². The summed E-state index contributed by atoms with van der Waals surface area (Å²) in [4.78, 5) is 0. The maximum absolute atomic E-state index is 13.9. The Morgan fingerprint density at radius 1 is 0.500 bits per heavy atom. The van der Waals surface area contributed by atoms with Crippen molar-refractivity contribution >= 4 is 22.8 Å². The molecule has 34 heavy (non-hydrogen) atoms. The molecule has 0 spiro atoms. The highest BCUT2D eigenvalue weighted by atomic mass is 31.2. The zero-order valence-corrected chi connectivity index (χ0v) is 25.2. The monoisotopic (exact) mass is 550 g/mol. The number of hydrogen-bond acceptors (Lipinski definition) is 9. The first-order valence-electron chi connectivity index (χ1n) is 12.7. The van der Waals surface area contributed by atoms with Gasteiger partial charge in [-0.15, -0.1) is 0 Å². The smallest absolute Gasteiger partial charge is 0.309 e. The summed E-state index contributed by atoms with van der Waals surface area (Å²) >= 11 is 0. The first-order chi connectivity index (χ1) is 16.1. The van der Waals surface area contributed by atoms with Gasteiger partial charge in [-0.2, -0.15) is 0 Å². The molecule has 0 aliphatic rings. The van der Waals surface area contributed by atoms with E-state index in [9.17, 15) is 13.7 Å².